The molecule has 28 heavy (non-hydrogen) atoms. The van der Waals surface area contributed by atoms with Crippen LogP contribution in [0.4, 0.5) is 24.5 Å². The smallest absolute Gasteiger partial charge is 0.417 e. The fraction of sp³-hybridized carbons (Fsp3) is 0.263. The number of aliphatic hydroxyl groups is 1. The van der Waals surface area contributed by atoms with Crippen molar-refractivity contribution in [2.45, 2.75) is 25.1 Å². The van der Waals surface area contributed by atoms with Gasteiger partial charge in [-0.05, 0) is 55.5 Å². The summed E-state index contributed by atoms with van der Waals surface area (Å²) in [6.07, 6.45) is -6.07. The van der Waals surface area contributed by atoms with Crippen molar-refractivity contribution in [1.82, 2.24) is 0 Å². The van der Waals surface area contributed by atoms with Gasteiger partial charge in [-0.25, -0.2) is 0 Å². The summed E-state index contributed by atoms with van der Waals surface area (Å²) in [6.45, 7) is 0.527. The number of carbonyl (C=O) groups is 2. The lowest BCUT2D eigenvalue weighted by Crippen LogP contribution is -2.44. The van der Waals surface area contributed by atoms with Crippen LogP contribution in [0.2, 0.25) is 0 Å². The molecule has 0 aliphatic carbocycles. The van der Waals surface area contributed by atoms with E-state index in [0.717, 1.165) is 0 Å². The van der Waals surface area contributed by atoms with E-state index in [0.29, 0.717) is 18.4 Å². The highest BCUT2D eigenvalue weighted by molar-refractivity contribution is 6.04. The van der Waals surface area contributed by atoms with E-state index in [2.05, 4.69) is 10.6 Å². The molecule has 0 fully saturated rings. The van der Waals surface area contributed by atoms with Crippen molar-refractivity contribution in [3.05, 3.63) is 54.1 Å². The highest BCUT2D eigenvalue weighted by Crippen LogP contribution is 2.32. The Hall–Kier alpha value is -3.07. The molecule has 0 unspecified atom stereocenters. The van der Waals surface area contributed by atoms with E-state index in [-0.39, 0.29) is 11.3 Å². The first-order valence-corrected chi connectivity index (χ1v) is 8.16. The molecular formula is C19H19F3N2O4. The summed E-state index contributed by atoms with van der Waals surface area (Å²) in [5, 5.41) is 14.3. The van der Waals surface area contributed by atoms with Crippen LogP contribution in [0.25, 0.3) is 0 Å². The van der Waals surface area contributed by atoms with Gasteiger partial charge in [0, 0.05) is 16.9 Å². The lowest BCUT2D eigenvalue weighted by molar-refractivity contribution is -0.252. The largest absolute Gasteiger partial charge is 0.497 e. The van der Waals surface area contributed by atoms with Crippen molar-refractivity contribution >= 4 is 23.2 Å². The van der Waals surface area contributed by atoms with Crippen molar-refractivity contribution in [1.29, 1.82) is 0 Å². The van der Waals surface area contributed by atoms with E-state index in [1.54, 1.807) is 24.3 Å². The molecule has 1 atom stereocenters. The van der Waals surface area contributed by atoms with Gasteiger partial charge in [0.05, 0.1) is 13.5 Å². The standard InChI is InChI=1S/C19H19F3N2O4/c1-18(27,19(20,21)22)11-16(25)23-13-5-3-12(4-6-13)17(26)24-14-7-9-15(28-2)10-8-14/h3-10,27H,11H2,1-2H3,(H,23,25)(H,24,26)/t18-/m1/s1. The first kappa shape index (κ1) is 21.2. The number of hydrogen-bond acceptors (Lipinski definition) is 4. The van der Waals surface area contributed by atoms with Crippen LogP contribution in [-0.2, 0) is 4.79 Å². The molecule has 0 bridgehead atoms. The van der Waals surface area contributed by atoms with Crippen LogP contribution in [0.1, 0.15) is 23.7 Å². The number of anilines is 2. The first-order valence-electron chi connectivity index (χ1n) is 8.16. The Morgan fingerprint density at radius 3 is 1.96 bits per heavy atom. The number of halogens is 3. The number of hydrogen-bond donors (Lipinski definition) is 3. The third kappa shape index (κ3) is 5.46. The first-order chi connectivity index (χ1) is 13.0. The maximum Gasteiger partial charge on any atom is 0.417 e. The lowest BCUT2D eigenvalue weighted by atomic mass is 10.0. The van der Waals surface area contributed by atoms with Crippen LogP contribution < -0.4 is 15.4 Å². The molecule has 0 saturated carbocycles. The predicted molar refractivity (Wildman–Crippen MR) is 97.3 cm³/mol. The predicted octanol–water partition coefficient (Wildman–Crippen LogP) is 3.59. The second kappa shape index (κ2) is 8.30. The zero-order chi connectivity index (χ0) is 20.9. The Bertz CT molecular complexity index is 832. The van der Waals surface area contributed by atoms with Crippen molar-refractivity contribution in [3.8, 4) is 5.75 Å². The molecule has 2 aromatic carbocycles. The Labute approximate surface area is 159 Å². The van der Waals surface area contributed by atoms with E-state index < -0.39 is 30.0 Å². The van der Waals surface area contributed by atoms with Gasteiger partial charge >= 0.3 is 6.18 Å². The Balaban J connectivity index is 1.96. The van der Waals surface area contributed by atoms with Gasteiger partial charge in [0.25, 0.3) is 5.91 Å². The highest BCUT2D eigenvalue weighted by atomic mass is 19.4. The molecule has 0 radical (unpaired) electrons. The average molecular weight is 396 g/mol. The highest BCUT2D eigenvalue weighted by Gasteiger charge is 2.50. The Morgan fingerprint density at radius 1 is 0.964 bits per heavy atom. The van der Waals surface area contributed by atoms with Crippen molar-refractivity contribution in [2.24, 2.45) is 0 Å². The van der Waals surface area contributed by atoms with Gasteiger partial charge in [0.2, 0.25) is 5.91 Å². The topological polar surface area (TPSA) is 87.7 Å². The van der Waals surface area contributed by atoms with Gasteiger partial charge in [-0.1, -0.05) is 0 Å². The van der Waals surface area contributed by atoms with E-state index in [1.807, 2.05) is 0 Å². The molecule has 6 nitrogen and oxygen atoms in total. The number of rotatable bonds is 6. The third-order valence-electron chi connectivity index (χ3n) is 3.89. The van der Waals surface area contributed by atoms with Crippen LogP contribution in [0.5, 0.6) is 5.75 Å². The third-order valence-corrected chi connectivity index (χ3v) is 3.89. The maximum atomic E-state index is 12.6. The number of nitrogens with one attached hydrogen (secondary N) is 2. The molecule has 150 valence electrons. The van der Waals surface area contributed by atoms with Crippen molar-refractivity contribution < 1.29 is 32.6 Å². The van der Waals surface area contributed by atoms with E-state index >= 15 is 0 Å². The average Bonchev–Trinajstić information content (AvgIpc) is 2.61. The van der Waals surface area contributed by atoms with Crippen molar-refractivity contribution in [3.63, 3.8) is 0 Å². The molecule has 0 aliphatic heterocycles. The Kier molecular flexibility index (Phi) is 6.30. The van der Waals surface area contributed by atoms with Crippen LogP contribution >= 0.6 is 0 Å². The molecule has 0 aromatic heterocycles. The summed E-state index contributed by atoms with van der Waals surface area (Å²) >= 11 is 0. The van der Waals surface area contributed by atoms with Gasteiger partial charge in [0.15, 0.2) is 5.60 Å². The molecule has 0 spiro atoms. The summed E-state index contributed by atoms with van der Waals surface area (Å²) in [6, 6.07) is 12.3. The summed E-state index contributed by atoms with van der Waals surface area (Å²) in [7, 11) is 1.53. The SMILES string of the molecule is COc1ccc(NC(=O)c2ccc(NC(=O)C[C@@](C)(O)C(F)(F)F)cc2)cc1. The molecule has 2 aromatic rings. The number of amides is 2. The second-order valence-corrected chi connectivity index (χ2v) is 6.26. The lowest BCUT2D eigenvalue weighted by Gasteiger charge is -2.25. The molecule has 2 rings (SSSR count). The molecular weight excluding hydrogens is 377 g/mol. The molecule has 0 aliphatic rings. The summed E-state index contributed by atoms with van der Waals surface area (Å²) in [4.78, 5) is 23.9. The maximum absolute atomic E-state index is 12.6. The fourth-order valence-corrected chi connectivity index (χ4v) is 2.20. The quantitative estimate of drug-likeness (QED) is 0.696. The fourth-order valence-electron chi connectivity index (χ4n) is 2.20. The minimum Gasteiger partial charge on any atom is -0.497 e. The van der Waals surface area contributed by atoms with Gasteiger partial charge < -0.3 is 20.5 Å². The Morgan fingerprint density at radius 2 is 1.46 bits per heavy atom. The molecule has 0 saturated heterocycles. The monoisotopic (exact) mass is 396 g/mol. The zero-order valence-corrected chi connectivity index (χ0v) is 15.1. The van der Waals surface area contributed by atoms with Gasteiger partial charge in [-0.3, -0.25) is 9.59 Å². The van der Waals surface area contributed by atoms with Crippen LogP contribution in [0.15, 0.2) is 48.5 Å². The molecule has 0 heterocycles. The van der Waals surface area contributed by atoms with Crippen LogP contribution in [0, 0.1) is 0 Å². The number of benzene rings is 2. The number of ether oxygens (including phenoxy) is 1. The minimum absolute atomic E-state index is 0.198. The van der Waals surface area contributed by atoms with Gasteiger partial charge in [0.1, 0.15) is 5.75 Å². The van der Waals surface area contributed by atoms with Gasteiger partial charge in [-0.2, -0.15) is 13.2 Å². The normalized spacial score (nSPS) is 13.4. The van der Waals surface area contributed by atoms with E-state index in [4.69, 9.17) is 4.74 Å². The number of carbonyl (C=O) groups excluding carboxylic acids is 2. The molecule has 2 amide bonds. The number of methoxy groups -OCH3 is 1. The van der Waals surface area contributed by atoms with Crippen molar-refractivity contribution in [2.75, 3.05) is 17.7 Å². The van der Waals surface area contributed by atoms with E-state index in [9.17, 15) is 27.9 Å². The van der Waals surface area contributed by atoms with E-state index in [1.165, 1.54) is 31.4 Å². The van der Waals surface area contributed by atoms with Crippen LogP contribution in [0.3, 0.4) is 0 Å². The minimum atomic E-state index is -4.92. The summed E-state index contributed by atoms with van der Waals surface area (Å²) in [5.74, 6) is -0.761. The molecule has 9 heteroatoms. The number of alkyl halides is 3. The molecule has 3 N–H and O–H groups in total. The zero-order valence-electron chi connectivity index (χ0n) is 15.1. The van der Waals surface area contributed by atoms with Crippen LogP contribution in [-0.4, -0.2) is 35.8 Å². The van der Waals surface area contributed by atoms with Gasteiger partial charge in [-0.15, -0.1) is 0 Å². The summed E-state index contributed by atoms with van der Waals surface area (Å²) in [5.41, 5.74) is -2.09. The second-order valence-electron chi connectivity index (χ2n) is 6.26. The summed E-state index contributed by atoms with van der Waals surface area (Å²) < 4.78 is 42.9.